The molecule has 1 aromatic carbocycles. The lowest BCUT2D eigenvalue weighted by atomic mass is 10.1. The Morgan fingerprint density at radius 1 is 1.25 bits per heavy atom. The first-order valence-corrected chi connectivity index (χ1v) is 9.54. The average Bonchev–Trinajstić information content (AvgIpc) is 3.04. The van der Waals surface area contributed by atoms with E-state index in [4.69, 9.17) is 4.74 Å². The van der Waals surface area contributed by atoms with E-state index < -0.39 is 23.6 Å². The second kappa shape index (κ2) is 6.75. The molecule has 1 aliphatic heterocycles. The van der Waals surface area contributed by atoms with Gasteiger partial charge in [-0.15, -0.1) is 11.3 Å². The molecule has 1 aliphatic rings. The number of nitrogens with one attached hydrogen (secondary N) is 1. The third-order valence-electron chi connectivity index (χ3n) is 4.64. The highest BCUT2D eigenvalue weighted by Gasteiger charge is 2.25. The lowest BCUT2D eigenvalue weighted by Crippen LogP contribution is -2.39. The number of H-pyrrole nitrogens is 1. The zero-order valence-electron chi connectivity index (χ0n) is 15.3. The number of benzene rings is 1. The predicted octanol–water partition coefficient (Wildman–Crippen LogP) is 1.69. The average molecular weight is 399 g/mol. The summed E-state index contributed by atoms with van der Waals surface area (Å²) in [5.41, 5.74) is -0.319. The van der Waals surface area contributed by atoms with E-state index in [1.54, 1.807) is 24.3 Å². The number of ether oxygens (including phenoxy) is 1. The number of fused-ring (bicyclic) bond motifs is 2. The molecule has 0 bridgehead atoms. The highest BCUT2D eigenvalue weighted by molar-refractivity contribution is 7.18. The van der Waals surface area contributed by atoms with Crippen molar-refractivity contribution in [1.82, 2.24) is 9.55 Å². The number of ketones is 1. The fraction of sp³-hybridized carbons (Fsp3) is 0.263. The Balaban J connectivity index is 1.71. The van der Waals surface area contributed by atoms with Crippen LogP contribution >= 0.6 is 11.3 Å². The van der Waals surface area contributed by atoms with Gasteiger partial charge in [-0.3, -0.25) is 23.9 Å². The molecule has 4 rings (SSSR count). The van der Waals surface area contributed by atoms with E-state index in [2.05, 4.69) is 4.98 Å². The Morgan fingerprint density at radius 2 is 2.04 bits per heavy atom. The lowest BCUT2D eigenvalue weighted by Gasteiger charge is -2.28. The molecule has 0 saturated heterocycles. The van der Waals surface area contributed by atoms with Gasteiger partial charge in [-0.25, -0.2) is 4.79 Å². The Kier molecular flexibility index (Phi) is 4.38. The van der Waals surface area contributed by atoms with Crippen molar-refractivity contribution in [2.24, 2.45) is 0 Å². The molecular weight excluding hydrogens is 382 g/mol. The molecule has 0 saturated carbocycles. The number of amides is 1. The number of aromatic amines is 1. The van der Waals surface area contributed by atoms with Crippen molar-refractivity contribution in [2.45, 2.75) is 20.4 Å². The Hall–Kier alpha value is -3.20. The van der Waals surface area contributed by atoms with E-state index in [0.717, 1.165) is 9.44 Å². The smallest absolute Gasteiger partial charge is 0.329 e. The maximum Gasteiger partial charge on any atom is 0.329 e. The minimum atomic E-state index is -0.626. The second-order valence-electron chi connectivity index (χ2n) is 6.45. The minimum Gasteiger partial charge on any atom is -0.482 e. The highest BCUT2D eigenvalue weighted by atomic mass is 32.1. The Labute approximate surface area is 163 Å². The van der Waals surface area contributed by atoms with Gasteiger partial charge in [0.25, 0.3) is 11.5 Å². The van der Waals surface area contributed by atoms with Gasteiger partial charge in [-0.05, 0) is 38.1 Å². The number of nitrogens with zero attached hydrogens (tertiary/aromatic N) is 2. The molecule has 1 N–H and O–H groups in total. The zero-order valence-corrected chi connectivity index (χ0v) is 16.1. The number of carbonyl (C=O) groups excluding carboxylic acids is 2. The second-order valence-corrected chi connectivity index (χ2v) is 7.71. The predicted molar refractivity (Wildman–Crippen MR) is 106 cm³/mol. The number of likely N-dealkylation sites (N-methyl/N-ethyl adjacent to an activating group) is 1. The van der Waals surface area contributed by atoms with Crippen LogP contribution in [0.3, 0.4) is 0 Å². The summed E-state index contributed by atoms with van der Waals surface area (Å²) in [5.74, 6) is -0.0792. The summed E-state index contributed by atoms with van der Waals surface area (Å²) in [6, 6.07) is 6.44. The van der Waals surface area contributed by atoms with E-state index in [-0.39, 0.29) is 12.5 Å². The Morgan fingerprint density at radius 3 is 2.79 bits per heavy atom. The third-order valence-corrected chi connectivity index (χ3v) is 5.60. The van der Waals surface area contributed by atoms with Crippen molar-refractivity contribution < 1.29 is 14.3 Å². The summed E-state index contributed by atoms with van der Waals surface area (Å²) in [7, 11) is 0. The van der Waals surface area contributed by atoms with Gasteiger partial charge in [0.2, 0.25) is 0 Å². The molecule has 3 aromatic rings. The largest absolute Gasteiger partial charge is 0.482 e. The zero-order chi connectivity index (χ0) is 20.0. The van der Waals surface area contributed by atoms with Crippen LogP contribution in [0.4, 0.5) is 5.69 Å². The molecule has 144 valence electrons. The van der Waals surface area contributed by atoms with Crippen molar-refractivity contribution in [3.05, 3.63) is 55.5 Å². The summed E-state index contributed by atoms with van der Waals surface area (Å²) < 4.78 is 6.30. The van der Waals surface area contributed by atoms with Crippen LogP contribution in [0.2, 0.25) is 0 Å². The summed E-state index contributed by atoms with van der Waals surface area (Å²) in [5, 5.41) is 0.386. The van der Waals surface area contributed by atoms with Crippen LogP contribution < -0.4 is 20.9 Å². The van der Waals surface area contributed by atoms with Gasteiger partial charge in [0, 0.05) is 17.0 Å². The monoisotopic (exact) mass is 399 g/mol. The normalized spacial score (nSPS) is 13.5. The molecule has 2 aromatic heterocycles. The number of anilines is 1. The van der Waals surface area contributed by atoms with Gasteiger partial charge in [-0.1, -0.05) is 0 Å². The van der Waals surface area contributed by atoms with Gasteiger partial charge >= 0.3 is 5.69 Å². The van der Waals surface area contributed by atoms with Crippen LogP contribution in [0.15, 0.2) is 33.9 Å². The number of hydrogen-bond acceptors (Lipinski definition) is 6. The van der Waals surface area contributed by atoms with Crippen LogP contribution in [0, 0.1) is 6.92 Å². The lowest BCUT2D eigenvalue weighted by molar-refractivity contribution is -0.121. The van der Waals surface area contributed by atoms with E-state index in [1.807, 2.05) is 13.8 Å². The number of hydrogen-bond donors (Lipinski definition) is 1. The number of rotatable bonds is 4. The SMILES string of the molecule is CCN1C(=O)COc2ccc(C(=O)Cn3c(=O)[nH]c4sc(C)cc4c3=O)cc21. The molecule has 0 fully saturated rings. The molecular formula is C19H17N3O5S. The molecule has 28 heavy (non-hydrogen) atoms. The maximum absolute atomic E-state index is 12.8. The molecule has 0 atom stereocenters. The minimum absolute atomic E-state index is 0.0427. The topological polar surface area (TPSA) is 101 Å². The molecule has 9 heteroatoms. The molecule has 0 radical (unpaired) electrons. The van der Waals surface area contributed by atoms with Crippen molar-refractivity contribution in [1.29, 1.82) is 0 Å². The maximum atomic E-state index is 12.8. The van der Waals surface area contributed by atoms with Crippen LogP contribution in [-0.2, 0) is 11.3 Å². The van der Waals surface area contributed by atoms with Crippen molar-refractivity contribution >= 4 is 38.9 Å². The fourth-order valence-electron chi connectivity index (χ4n) is 3.27. The summed E-state index contributed by atoms with van der Waals surface area (Å²) in [4.78, 5) is 55.3. The van der Waals surface area contributed by atoms with Crippen molar-refractivity contribution in [3.8, 4) is 5.75 Å². The standard InChI is InChI=1S/C19H17N3O5S/c1-3-21-13-7-11(4-5-15(13)27-9-16(21)24)14(23)8-22-18(25)12-6-10(2)28-17(12)20-19(22)26/h4-7H,3,8-9H2,1-2H3,(H,20,26). The van der Waals surface area contributed by atoms with Crippen LogP contribution in [0.5, 0.6) is 5.75 Å². The van der Waals surface area contributed by atoms with Gasteiger partial charge in [0.05, 0.1) is 17.6 Å². The number of aromatic nitrogens is 2. The van der Waals surface area contributed by atoms with Crippen LogP contribution in [-0.4, -0.2) is 34.4 Å². The Bertz CT molecular complexity index is 1240. The number of Topliss-reactive ketones (excluding diaryl/α,β-unsaturated/α-hetero) is 1. The van der Waals surface area contributed by atoms with E-state index in [9.17, 15) is 19.2 Å². The van der Waals surface area contributed by atoms with Crippen molar-refractivity contribution in [3.63, 3.8) is 0 Å². The van der Waals surface area contributed by atoms with Gasteiger partial charge < -0.3 is 9.64 Å². The molecule has 8 nitrogen and oxygen atoms in total. The third kappa shape index (κ3) is 2.93. The summed E-state index contributed by atoms with van der Waals surface area (Å²) >= 11 is 1.32. The molecule has 3 heterocycles. The quantitative estimate of drug-likeness (QED) is 0.673. The first-order chi connectivity index (χ1) is 13.4. The molecule has 0 aliphatic carbocycles. The highest BCUT2D eigenvalue weighted by Crippen LogP contribution is 2.33. The molecule has 0 spiro atoms. The first-order valence-electron chi connectivity index (χ1n) is 8.72. The first kappa shape index (κ1) is 18.2. The van der Waals surface area contributed by atoms with E-state index in [1.165, 1.54) is 16.2 Å². The van der Waals surface area contributed by atoms with Crippen molar-refractivity contribution in [2.75, 3.05) is 18.1 Å². The number of carbonyl (C=O) groups is 2. The van der Waals surface area contributed by atoms with Crippen LogP contribution in [0.1, 0.15) is 22.2 Å². The molecule has 0 unspecified atom stereocenters. The fourth-order valence-corrected chi connectivity index (χ4v) is 4.16. The molecule has 1 amide bonds. The summed E-state index contributed by atoms with van der Waals surface area (Å²) in [6.45, 7) is 3.68. The van der Waals surface area contributed by atoms with E-state index in [0.29, 0.717) is 33.8 Å². The van der Waals surface area contributed by atoms with Gasteiger partial charge in [0.15, 0.2) is 12.4 Å². The summed E-state index contributed by atoms with van der Waals surface area (Å²) in [6.07, 6.45) is 0. The van der Waals surface area contributed by atoms with Gasteiger partial charge in [0.1, 0.15) is 10.6 Å². The van der Waals surface area contributed by atoms with E-state index >= 15 is 0 Å². The van der Waals surface area contributed by atoms with Gasteiger partial charge in [-0.2, -0.15) is 0 Å². The number of thiophene rings is 1. The van der Waals surface area contributed by atoms with Crippen LogP contribution in [0.25, 0.3) is 10.2 Å². The number of aryl methyl sites for hydroxylation is 1.